The van der Waals surface area contributed by atoms with Gasteiger partial charge in [0, 0.05) is 12.9 Å². The van der Waals surface area contributed by atoms with E-state index in [2.05, 4.69) is 5.32 Å². The fraction of sp³-hybridized carbons (Fsp3) is 0.923. The number of esters is 1. The number of carbonyl (C=O) groups excluding carboxylic acids is 1. The van der Waals surface area contributed by atoms with Crippen molar-refractivity contribution in [3.8, 4) is 0 Å². The van der Waals surface area contributed by atoms with Gasteiger partial charge < -0.3 is 14.8 Å². The standard InChI is InChI=1S/C13H25NO3S/c1-14-13(12(15)17-3)7-4-5-11(13)6-9-18-10-8-16-2/h11,14H,4-10H2,1-3H3. The molecule has 5 heteroatoms. The molecule has 0 aliphatic heterocycles. The highest BCUT2D eigenvalue weighted by atomic mass is 32.2. The third-order valence-electron chi connectivity index (χ3n) is 3.86. The van der Waals surface area contributed by atoms with Crippen LogP contribution >= 0.6 is 11.8 Å². The molecule has 4 nitrogen and oxygen atoms in total. The van der Waals surface area contributed by atoms with Crippen molar-refractivity contribution in [2.45, 2.75) is 31.2 Å². The Morgan fingerprint density at radius 2 is 2.22 bits per heavy atom. The fourth-order valence-corrected chi connectivity index (χ4v) is 3.76. The first-order chi connectivity index (χ1) is 8.71. The molecule has 18 heavy (non-hydrogen) atoms. The number of hydrogen-bond acceptors (Lipinski definition) is 5. The van der Waals surface area contributed by atoms with Crippen molar-refractivity contribution < 1.29 is 14.3 Å². The summed E-state index contributed by atoms with van der Waals surface area (Å²) < 4.78 is 10.00. The van der Waals surface area contributed by atoms with Gasteiger partial charge in [-0.05, 0) is 38.0 Å². The number of thioether (sulfide) groups is 1. The van der Waals surface area contributed by atoms with E-state index >= 15 is 0 Å². The predicted octanol–water partition coefficient (Wildman–Crippen LogP) is 1.69. The molecule has 1 aliphatic rings. The lowest BCUT2D eigenvalue weighted by Gasteiger charge is -2.32. The Hall–Kier alpha value is -0.260. The smallest absolute Gasteiger partial charge is 0.326 e. The summed E-state index contributed by atoms with van der Waals surface area (Å²) in [4.78, 5) is 12.0. The van der Waals surface area contributed by atoms with Crippen molar-refractivity contribution in [3.05, 3.63) is 0 Å². The molecular weight excluding hydrogens is 250 g/mol. The minimum absolute atomic E-state index is 0.102. The van der Waals surface area contributed by atoms with Crippen LogP contribution in [0.4, 0.5) is 0 Å². The summed E-state index contributed by atoms with van der Waals surface area (Å²) in [6, 6.07) is 0. The van der Waals surface area contributed by atoms with Gasteiger partial charge in [-0.3, -0.25) is 4.79 Å². The number of likely N-dealkylation sites (N-methyl/N-ethyl adjacent to an activating group) is 1. The van der Waals surface area contributed by atoms with E-state index in [1.165, 1.54) is 7.11 Å². The molecule has 0 saturated heterocycles. The van der Waals surface area contributed by atoms with E-state index in [0.717, 1.165) is 43.8 Å². The lowest BCUT2D eigenvalue weighted by Crippen LogP contribution is -2.53. The van der Waals surface area contributed by atoms with Crippen molar-refractivity contribution in [3.63, 3.8) is 0 Å². The van der Waals surface area contributed by atoms with Gasteiger partial charge in [-0.15, -0.1) is 0 Å². The van der Waals surface area contributed by atoms with E-state index in [4.69, 9.17) is 9.47 Å². The number of ether oxygens (including phenoxy) is 2. The Balaban J connectivity index is 2.45. The molecule has 1 fully saturated rings. The molecule has 0 spiro atoms. The second-order valence-electron chi connectivity index (χ2n) is 4.70. The van der Waals surface area contributed by atoms with Crippen LogP contribution in [0, 0.1) is 5.92 Å². The van der Waals surface area contributed by atoms with Gasteiger partial charge in [-0.25, -0.2) is 0 Å². The minimum Gasteiger partial charge on any atom is -0.468 e. The van der Waals surface area contributed by atoms with Gasteiger partial charge in [0.25, 0.3) is 0 Å². The average molecular weight is 275 g/mol. The summed E-state index contributed by atoms with van der Waals surface area (Å²) in [6.07, 6.45) is 4.16. The molecule has 1 N–H and O–H groups in total. The number of methoxy groups -OCH3 is 2. The molecule has 2 atom stereocenters. The summed E-state index contributed by atoms with van der Waals surface area (Å²) in [6.45, 7) is 0.795. The van der Waals surface area contributed by atoms with E-state index in [-0.39, 0.29) is 5.97 Å². The fourth-order valence-electron chi connectivity index (χ4n) is 2.82. The summed E-state index contributed by atoms with van der Waals surface area (Å²) in [5, 5.41) is 3.22. The van der Waals surface area contributed by atoms with E-state index in [1.807, 2.05) is 18.8 Å². The molecule has 0 aromatic heterocycles. The highest BCUT2D eigenvalue weighted by molar-refractivity contribution is 7.99. The zero-order chi connectivity index (χ0) is 13.4. The molecule has 2 unspecified atom stereocenters. The average Bonchev–Trinajstić information content (AvgIpc) is 2.81. The van der Waals surface area contributed by atoms with Crippen LogP contribution in [0.3, 0.4) is 0 Å². The number of carbonyl (C=O) groups is 1. The second-order valence-corrected chi connectivity index (χ2v) is 5.92. The molecule has 1 rings (SSSR count). The van der Waals surface area contributed by atoms with Gasteiger partial charge in [-0.2, -0.15) is 11.8 Å². The van der Waals surface area contributed by atoms with Crippen LogP contribution in [-0.2, 0) is 14.3 Å². The largest absolute Gasteiger partial charge is 0.468 e. The monoisotopic (exact) mass is 275 g/mol. The van der Waals surface area contributed by atoms with Crippen LogP contribution in [0.2, 0.25) is 0 Å². The van der Waals surface area contributed by atoms with E-state index in [1.54, 1.807) is 7.11 Å². The van der Waals surface area contributed by atoms with Gasteiger partial charge in [0.15, 0.2) is 0 Å². The number of nitrogens with one attached hydrogen (secondary N) is 1. The Morgan fingerprint density at radius 1 is 1.44 bits per heavy atom. The number of rotatable bonds is 8. The first-order valence-electron chi connectivity index (χ1n) is 6.55. The van der Waals surface area contributed by atoms with Gasteiger partial charge in [0.05, 0.1) is 13.7 Å². The quantitative estimate of drug-likeness (QED) is 0.539. The van der Waals surface area contributed by atoms with Crippen LogP contribution in [0.5, 0.6) is 0 Å². The van der Waals surface area contributed by atoms with Crippen molar-refractivity contribution in [2.75, 3.05) is 39.4 Å². The van der Waals surface area contributed by atoms with Crippen LogP contribution in [0.15, 0.2) is 0 Å². The van der Waals surface area contributed by atoms with Crippen LogP contribution in [-0.4, -0.2) is 50.9 Å². The minimum atomic E-state index is -0.448. The Kier molecular flexibility index (Phi) is 7.04. The summed E-state index contributed by atoms with van der Waals surface area (Å²) in [5.41, 5.74) is -0.448. The summed E-state index contributed by atoms with van der Waals surface area (Å²) >= 11 is 1.89. The van der Waals surface area contributed by atoms with Gasteiger partial charge in [0.2, 0.25) is 0 Å². The molecule has 106 valence electrons. The molecule has 1 saturated carbocycles. The maximum atomic E-state index is 12.0. The molecule has 0 radical (unpaired) electrons. The molecule has 0 heterocycles. The lowest BCUT2D eigenvalue weighted by atomic mass is 9.85. The lowest BCUT2D eigenvalue weighted by molar-refractivity contribution is -0.150. The molecule has 0 aromatic carbocycles. The predicted molar refractivity (Wildman–Crippen MR) is 75.0 cm³/mol. The maximum absolute atomic E-state index is 12.0. The molecule has 1 aliphatic carbocycles. The Bertz CT molecular complexity index is 263. The van der Waals surface area contributed by atoms with Crippen molar-refractivity contribution >= 4 is 17.7 Å². The van der Waals surface area contributed by atoms with Gasteiger partial charge in [-0.1, -0.05) is 6.42 Å². The van der Waals surface area contributed by atoms with E-state index in [9.17, 15) is 4.79 Å². The summed E-state index contributed by atoms with van der Waals surface area (Å²) in [5.74, 6) is 2.39. The van der Waals surface area contributed by atoms with E-state index in [0.29, 0.717) is 5.92 Å². The zero-order valence-corrected chi connectivity index (χ0v) is 12.5. The topological polar surface area (TPSA) is 47.6 Å². The summed E-state index contributed by atoms with van der Waals surface area (Å²) in [7, 11) is 5.07. The normalized spacial score (nSPS) is 27.4. The van der Waals surface area contributed by atoms with Crippen LogP contribution in [0.1, 0.15) is 25.7 Å². The highest BCUT2D eigenvalue weighted by Crippen LogP contribution is 2.39. The third kappa shape index (κ3) is 3.62. The SMILES string of the molecule is CNC1(C(=O)OC)CCCC1CCSCCOC. The highest BCUT2D eigenvalue weighted by Gasteiger charge is 2.48. The molecule has 0 bridgehead atoms. The van der Waals surface area contributed by atoms with Crippen LogP contribution in [0.25, 0.3) is 0 Å². The molecule has 0 aromatic rings. The third-order valence-corrected chi connectivity index (χ3v) is 4.84. The molecule has 0 amide bonds. The van der Waals surface area contributed by atoms with Crippen molar-refractivity contribution in [2.24, 2.45) is 5.92 Å². The van der Waals surface area contributed by atoms with E-state index < -0.39 is 5.54 Å². The maximum Gasteiger partial charge on any atom is 0.326 e. The molecular formula is C13H25NO3S. The van der Waals surface area contributed by atoms with Gasteiger partial charge in [0.1, 0.15) is 5.54 Å². The van der Waals surface area contributed by atoms with Crippen molar-refractivity contribution in [1.82, 2.24) is 5.32 Å². The zero-order valence-electron chi connectivity index (χ0n) is 11.7. The van der Waals surface area contributed by atoms with Crippen LogP contribution < -0.4 is 5.32 Å². The Morgan fingerprint density at radius 3 is 2.83 bits per heavy atom. The Labute approximate surface area is 114 Å². The second kappa shape index (κ2) is 8.02. The van der Waals surface area contributed by atoms with Crippen molar-refractivity contribution in [1.29, 1.82) is 0 Å². The first kappa shape index (κ1) is 15.8. The first-order valence-corrected chi connectivity index (χ1v) is 7.70. The van der Waals surface area contributed by atoms with Gasteiger partial charge >= 0.3 is 5.97 Å². The number of hydrogen-bond donors (Lipinski definition) is 1.